The van der Waals surface area contributed by atoms with Gasteiger partial charge in [0.15, 0.2) is 0 Å². The molecule has 0 aliphatic rings. The number of likely N-dealkylation sites (N-methyl/N-ethyl adjacent to an activating group) is 1. The lowest BCUT2D eigenvalue weighted by atomic mass is 10.1. The molecule has 0 bridgehead atoms. The molecule has 5 aromatic rings. The second-order valence-electron chi connectivity index (χ2n) is 9.90. The number of anilines is 1. The summed E-state index contributed by atoms with van der Waals surface area (Å²) in [7, 11) is 1.76. The van der Waals surface area contributed by atoms with Crippen molar-refractivity contribution in [3.8, 4) is 22.8 Å². The summed E-state index contributed by atoms with van der Waals surface area (Å²) in [5, 5.41) is 18.1. The Balaban J connectivity index is 0.000000226. The third-order valence-corrected chi connectivity index (χ3v) is 6.32. The summed E-state index contributed by atoms with van der Waals surface area (Å²) in [5.74, 6) is -3.76. The van der Waals surface area contributed by atoms with Gasteiger partial charge in [0.05, 0.1) is 0 Å². The predicted octanol–water partition coefficient (Wildman–Crippen LogP) is 5.30. The Labute approximate surface area is 274 Å². The molecule has 0 radical (unpaired) electrons. The molecule has 3 aromatic carbocycles. The van der Waals surface area contributed by atoms with E-state index in [1.54, 1.807) is 7.05 Å². The van der Waals surface area contributed by atoms with Crippen molar-refractivity contribution in [2.24, 2.45) is 0 Å². The van der Waals surface area contributed by atoms with Crippen LogP contribution in [-0.2, 0) is 12.4 Å². The molecule has 0 saturated heterocycles. The number of nitrogens with one attached hydrogen (secondary N) is 4. The van der Waals surface area contributed by atoms with Gasteiger partial charge in [0.25, 0.3) is 11.8 Å². The van der Waals surface area contributed by atoms with Crippen LogP contribution in [0.2, 0.25) is 0 Å². The molecule has 4 N–H and O–H groups in total. The van der Waals surface area contributed by atoms with Gasteiger partial charge in [-0.25, -0.2) is 0 Å². The summed E-state index contributed by atoms with van der Waals surface area (Å²) in [5.41, 5.74) is 2.36. The summed E-state index contributed by atoms with van der Waals surface area (Å²) in [4.78, 5) is 30.4. The summed E-state index contributed by atoms with van der Waals surface area (Å²) in [6, 6.07) is 21.3. The van der Waals surface area contributed by atoms with Gasteiger partial charge in [-0.15, -0.1) is 0 Å². The molecule has 2 amide bonds. The molecular weight excluding hydrogens is 662 g/mol. The van der Waals surface area contributed by atoms with Crippen molar-refractivity contribution < 1.29 is 45.0 Å². The number of rotatable bonds is 11. The quantitative estimate of drug-likeness (QED) is 0.106. The van der Waals surface area contributed by atoms with Crippen molar-refractivity contribution in [3.05, 3.63) is 102 Å². The zero-order valence-corrected chi connectivity index (χ0v) is 25.5. The molecule has 0 fully saturated rings. The normalized spacial score (nSPS) is 11.3. The minimum absolute atomic E-state index is 0.186. The Hall–Kier alpha value is -5.78. The number of amides is 2. The second-order valence-corrected chi connectivity index (χ2v) is 9.90. The first-order valence-corrected chi connectivity index (χ1v) is 14.4. The zero-order valence-electron chi connectivity index (χ0n) is 25.5. The van der Waals surface area contributed by atoms with Crippen molar-refractivity contribution in [1.29, 1.82) is 0 Å². The van der Waals surface area contributed by atoms with E-state index in [0.717, 1.165) is 5.69 Å². The highest BCUT2D eigenvalue weighted by atomic mass is 19.4. The molecule has 0 aliphatic heterocycles. The number of benzene rings is 3. The van der Waals surface area contributed by atoms with E-state index in [0.29, 0.717) is 48.4 Å². The fourth-order valence-corrected chi connectivity index (χ4v) is 3.90. The number of hydrogen-bond donors (Lipinski definition) is 4. The number of aromatic nitrogens is 4. The molecule has 0 atom stereocenters. The van der Waals surface area contributed by atoms with E-state index < -0.39 is 24.1 Å². The maximum absolute atomic E-state index is 12.5. The standard InChI is InChI=1S/C18H15F3N4O2.C13H13F3N4O2/c19-18(20,21)17-24-15(25-27-17)12-6-8-13(9-7-12)16(26)23-11-10-22-14-4-2-1-3-5-14;1-17-6-7-18-11(21)9-4-2-8(3-5-9)10-19-12(22-20-10)13(14,15)16/h1-9,22H,10-11H2,(H,23,26);2-5,17H,6-7H2,1H3,(H,18,21). The molecule has 0 unspecified atom stereocenters. The Morgan fingerprint density at radius 3 is 1.43 bits per heavy atom. The number of nitrogens with zero attached hydrogens (tertiary/aromatic N) is 4. The number of carbonyl (C=O) groups excluding carboxylic acids is 2. The Bertz CT molecular complexity index is 1790. The van der Waals surface area contributed by atoms with Crippen LogP contribution in [0.5, 0.6) is 0 Å². The second kappa shape index (κ2) is 16.4. The van der Waals surface area contributed by atoms with Gasteiger partial charge in [0, 0.05) is 54.1 Å². The predicted molar refractivity (Wildman–Crippen MR) is 163 cm³/mol. The molecule has 12 nitrogen and oxygen atoms in total. The third kappa shape index (κ3) is 10.6. The zero-order chi connectivity index (χ0) is 35.4. The molecule has 18 heteroatoms. The SMILES string of the molecule is CNCCNC(=O)c1ccc(-c2noc(C(F)(F)F)n2)cc1.O=C(NCCNc1ccccc1)c1ccc(-c2noc(C(F)(F)F)n2)cc1. The number of alkyl halides is 6. The molecule has 49 heavy (non-hydrogen) atoms. The average Bonchev–Trinajstić information content (AvgIpc) is 3.80. The fourth-order valence-electron chi connectivity index (χ4n) is 3.90. The van der Waals surface area contributed by atoms with E-state index >= 15 is 0 Å². The van der Waals surface area contributed by atoms with Gasteiger partial charge < -0.3 is 30.3 Å². The van der Waals surface area contributed by atoms with Crippen LogP contribution < -0.4 is 21.3 Å². The topological polar surface area (TPSA) is 160 Å². The van der Waals surface area contributed by atoms with Gasteiger partial charge >= 0.3 is 24.1 Å². The van der Waals surface area contributed by atoms with Crippen LogP contribution in [0.25, 0.3) is 22.8 Å². The Kier molecular flexibility index (Phi) is 12.0. The number of para-hydroxylation sites is 1. The molecule has 258 valence electrons. The van der Waals surface area contributed by atoms with E-state index in [2.05, 4.69) is 50.6 Å². The van der Waals surface area contributed by atoms with Crippen molar-refractivity contribution in [3.63, 3.8) is 0 Å². The Morgan fingerprint density at radius 1 is 0.612 bits per heavy atom. The van der Waals surface area contributed by atoms with Gasteiger partial charge in [0.2, 0.25) is 11.6 Å². The molecule has 2 heterocycles. The van der Waals surface area contributed by atoms with Crippen LogP contribution in [-0.4, -0.2) is 65.3 Å². The van der Waals surface area contributed by atoms with Crippen molar-refractivity contribution >= 4 is 17.5 Å². The van der Waals surface area contributed by atoms with Gasteiger partial charge in [-0.3, -0.25) is 9.59 Å². The number of carbonyl (C=O) groups is 2. The first kappa shape index (κ1) is 36.1. The maximum atomic E-state index is 12.5. The largest absolute Gasteiger partial charge is 0.471 e. The van der Waals surface area contributed by atoms with Gasteiger partial charge in [-0.1, -0.05) is 52.8 Å². The molecule has 5 rings (SSSR count). The summed E-state index contributed by atoms with van der Waals surface area (Å²) in [6.07, 6.45) is -9.38. The molecule has 2 aromatic heterocycles. The summed E-state index contributed by atoms with van der Waals surface area (Å²) >= 11 is 0. The number of halogens is 6. The maximum Gasteiger partial charge on any atom is 0.471 e. The highest BCUT2D eigenvalue weighted by Crippen LogP contribution is 2.30. The number of hydrogen-bond acceptors (Lipinski definition) is 10. The summed E-state index contributed by atoms with van der Waals surface area (Å²) < 4.78 is 83.0. The smallest absolute Gasteiger partial charge is 0.383 e. The minimum atomic E-state index is -4.70. The first-order valence-electron chi connectivity index (χ1n) is 14.4. The Morgan fingerprint density at radius 2 is 1.04 bits per heavy atom. The first-order chi connectivity index (χ1) is 23.3. The lowest BCUT2D eigenvalue weighted by Gasteiger charge is -2.08. The van der Waals surface area contributed by atoms with Crippen LogP contribution in [0.3, 0.4) is 0 Å². The van der Waals surface area contributed by atoms with Gasteiger partial charge in [-0.2, -0.15) is 36.3 Å². The molecular formula is C31H28F6N8O4. The van der Waals surface area contributed by atoms with Crippen LogP contribution in [0.1, 0.15) is 32.5 Å². The highest BCUT2D eigenvalue weighted by molar-refractivity contribution is 5.95. The van der Waals surface area contributed by atoms with Crippen LogP contribution in [0.15, 0.2) is 87.9 Å². The fraction of sp³-hybridized carbons (Fsp3) is 0.226. The molecule has 0 aliphatic carbocycles. The molecule has 0 saturated carbocycles. The lowest BCUT2D eigenvalue weighted by molar-refractivity contribution is -0.160. The van der Waals surface area contributed by atoms with Gasteiger partial charge in [-0.05, 0) is 43.4 Å². The van der Waals surface area contributed by atoms with E-state index in [4.69, 9.17) is 0 Å². The van der Waals surface area contributed by atoms with Crippen molar-refractivity contribution in [2.75, 3.05) is 38.5 Å². The highest BCUT2D eigenvalue weighted by Gasteiger charge is 2.39. The van der Waals surface area contributed by atoms with E-state index in [1.807, 2.05) is 30.3 Å². The minimum Gasteiger partial charge on any atom is -0.383 e. The van der Waals surface area contributed by atoms with E-state index in [9.17, 15) is 35.9 Å². The van der Waals surface area contributed by atoms with Gasteiger partial charge in [0.1, 0.15) is 0 Å². The van der Waals surface area contributed by atoms with E-state index in [1.165, 1.54) is 48.5 Å². The van der Waals surface area contributed by atoms with Crippen molar-refractivity contribution in [1.82, 2.24) is 36.2 Å². The van der Waals surface area contributed by atoms with Crippen LogP contribution in [0, 0.1) is 0 Å². The van der Waals surface area contributed by atoms with Crippen LogP contribution >= 0.6 is 0 Å². The summed E-state index contributed by atoms with van der Waals surface area (Å²) in [6.45, 7) is 2.07. The molecule has 0 spiro atoms. The van der Waals surface area contributed by atoms with Crippen molar-refractivity contribution in [2.45, 2.75) is 12.4 Å². The third-order valence-electron chi connectivity index (χ3n) is 6.32. The average molecular weight is 691 g/mol. The monoisotopic (exact) mass is 690 g/mol. The lowest BCUT2D eigenvalue weighted by Crippen LogP contribution is -2.30. The van der Waals surface area contributed by atoms with Crippen LogP contribution in [0.4, 0.5) is 32.0 Å². The van der Waals surface area contributed by atoms with E-state index in [-0.39, 0.29) is 23.5 Å².